The molecule has 6 nitrogen and oxygen atoms in total. The van der Waals surface area contributed by atoms with Crippen LogP contribution in [0.15, 0.2) is 60.7 Å². The average Bonchev–Trinajstić information content (AvgIpc) is 2.83. The summed E-state index contributed by atoms with van der Waals surface area (Å²) in [7, 11) is 0. The summed E-state index contributed by atoms with van der Waals surface area (Å²) in [5.41, 5.74) is 1.22. The van der Waals surface area contributed by atoms with Gasteiger partial charge in [0.15, 0.2) is 0 Å². The topological polar surface area (TPSA) is 71.1 Å². The lowest BCUT2D eigenvalue weighted by molar-refractivity contribution is -0.147. The Kier molecular flexibility index (Phi) is 10.8. The highest BCUT2D eigenvalue weighted by Crippen LogP contribution is 2.37. The predicted molar refractivity (Wildman–Crippen MR) is 118 cm³/mol. The van der Waals surface area contributed by atoms with E-state index in [-0.39, 0.29) is 31.8 Å². The normalized spacial score (nSPS) is 11.2. The SMILES string of the molecule is CCC(=O)OCCOCCC(OCCOC(=O)CC)(c1ccccc1)c1ccccc1. The molecule has 0 heterocycles. The molecule has 0 saturated heterocycles. The Hall–Kier alpha value is -2.70. The van der Waals surface area contributed by atoms with Crippen LogP contribution in [0.2, 0.25) is 0 Å². The number of hydrogen-bond donors (Lipinski definition) is 0. The number of rotatable bonds is 14. The Morgan fingerprint density at radius 1 is 0.677 bits per heavy atom. The highest BCUT2D eigenvalue weighted by Gasteiger charge is 2.35. The molecule has 0 N–H and O–H groups in total. The summed E-state index contributed by atoms with van der Waals surface area (Å²) in [5.74, 6) is -0.491. The predicted octanol–water partition coefficient (Wildman–Crippen LogP) is 4.26. The molecule has 0 aliphatic carbocycles. The van der Waals surface area contributed by atoms with Gasteiger partial charge in [-0.25, -0.2) is 0 Å². The van der Waals surface area contributed by atoms with Crippen molar-refractivity contribution in [2.75, 3.05) is 33.0 Å². The van der Waals surface area contributed by atoms with Gasteiger partial charge in [0.25, 0.3) is 0 Å². The maximum Gasteiger partial charge on any atom is 0.305 e. The Balaban J connectivity index is 2.13. The van der Waals surface area contributed by atoms with Crippen LogP contribution in [0.4, 0.5) is 0 Å². The highest BCUT2D eigenvalue weighted by molar-refractivity contribution is 5.69. The summed E-state index contributed by atoms with van der Waals surface area (Å²) in [6.07, 6.45) is 1.23. The second-order valence-electron chi connectivity index (χ2n) is 6.92. The fraction of sp³-hybridized carbons (Fsp3) is 0.440. The van der Waals surface area contributed by atoms with Gasteiger partial charge in [-0.1, -0.05) is 74.5 Å². The number of carbonyl (C=O) groups excluding carboxylic acids is 2. The molecule has 0 radical (unpaired) electrons. The first-order chi connectivity index (χ1) is 15.1. The van der Waals surface area contributed by atoms with Crippen molar-refractivity contribution in [1.82, 2.24) is 0 Å². The van der Waals surface area contributed by atoms with E-state index >= 15 is 0 Å². The van der Waals surface area contributed by atoms with E-state index in [0.29, 0.717) is 32.5 Å². The van der Waals surface area contributed by atoms with Gasteiger partial charge in [0, 0.05) is 19.3 Å². The molecule has 0 aliphatic heterocycles. The Bertz CT molecular complexity index is 736. The summed E-state index contributed by atoms with van der Waals surface area (Å²) >= 11 is 0. The van der Waals surface area contributed by atoms with E-state index in [1.807, 2.05) is 60.7 Å². The average molecular weight is 429 g/mol. The van der Waals surface area contributed by atoms with Gasteiger partial charge in [-0.3, -0.25) is 9.59 Å². The molecule has 0 saturated carbocycles. The summed E-state index contributed by atoms with van der Waals surface area (Å²) in [5, 5.41) is 0. The number of benzene rings is 2. The quantitative estimate of drug-likeness (QED) is 0.331. The van der Waals surface area contributed by atoms with Crippen molar-refractivity contribution in [1.29, 1.82) is 0 Å². The monoisotopic (exact) mass is 428 g/mol. The van der Waals surface area contributed by atoms with Crippen molar-refractivity contribution in [3.05, 3.63) is 71.8 Å². The maximum absolute atomic E-state index is 11.5. The third-order valence-electron chi connectivity index (χ3n) is 4.84. The van der Waals surface area contributed by atoms with Gasteiger partial charge in [-0.05, 0) is 11.1 Å². The van der Waals surface area contributed by atoms with Gasteiger partial charge in [0.05, 0.1) is 19.8 Å². The van der Waals surface area contributed by atoms with Gasteiger partial charge in [0.1, 0.15) is 18.8 Å². The molecule has 0 unspecified atom stereocenters. The van der Waals surface area contributed by atoms with E-state index in [4.69, 9.17) is 18.9 Å². The zero-order valence-electron chi connectivity index (χ0n) is 18.4. The molecule has 168 valence electrons. The Labute approximate surface area is 184 Å². The maximum atomic E-state index is 11.5. The molecule has 0 aromatic heterocycles. The third kappa shape index (κ3) is 7.81. The first-order valence-electron chi connectivity index (χ1n) is 10.8. The second-order valence-corrected chi connectivity index (χ2v) is 6.92. The molecule has 0 atom stereocenters. The molecule has 2 aromatic carbocycles. The molecule has 0 aliphatic rings. The second kappa shape index (κ2) is 13.6. The van der Waals surface area contributed by atoms with E-state index in [1.54, 1.807) is 13.8 Å². The van der Waals surface area contributed by atoms with Crippen LogP contribution in [0.5, 0.6) is 0 Å². The van der Waals surface area contributed by atoms with Gasteiger partial charge < -0.3 is 18.9 Å². The number of ether oxygens (including phenoxy) is 4. The molecular weight excluding hydrogens is 396 g/mol. The lowest BCUT2D eigenvalue weighted by Gasteiger charge is -2.35. The summed E-state index contributed by atoms with van der Waals surface area (Å²) in [4.78, 5) is 22.7. The largest absolute Gasteiger partial charge is 0.463 e. The van der Waals surface area contributed by atoms with Crippen LogP contribution >= 0.6 is 0 Å². The minimum atomic E-state index is -0.763. The zero-order chi connectivity index (χ0) is 22.4. The van der Waals surface area contributed by atoms with Crippen LogP contribution in [0.1, 0.15) is 44.2 Å². The van der Waals surface area contributed by atoms with Crippen LogP contribution in [0.25, 0.3) is 0 Å². The van der Waals surface area contributed by atoms with Gasteiger partial charge in [0.2, 0.25) is 0 Å². The standard InChI is InChI=1S/C25H32O6/c1-3-23(26)29-18-17-28-16-15-25(21-11-7-5-8-12-21,22-13-9-6-10-14-22)31-20-19-30-24(27)4-2/h5-14H,3-4,15-20H2,1-2H3. The summed E-state index contributed by atoms with van der Waals surface area (Å²) in [6.45, 7) is 4.90. The first-order valence-corrected chi connectivity index (χ1v) is 10.8. The highest BCUT2D eigenvalue weighted by atomic mass is 16.6. The molecular formula is C25H32O6. The minimum Gasteiger partial charge on any atom is -0.463 e. The van der Waals surface area contributed by atoms with E-state index in [1.165, 1.54) is 0 Å². The van der Waals surface area contributed by atoms with Crippen LogP contribution < -0.4 is 0 Å². The molecule has 2 aromatic rings. The lowest BCUT2D eigenvalue weighted by Crippen LogP contribution is -2.34. The third-order valence-corrected chi connectivity index (χ3v) is 4.84. The van der Waals surface area contributed by atoms with Crippen molar-refractivity contribution in [2.24, 2.45) is 0 Å². The first kappa shape index (κ1) is 24.6. The fourth-order valence-corrected chi connectivity index (χ4v) is 3.22. The van der Waals surface area contributed by atoms with Crippen molar-refractivity contribution in [3.8, 4) is 0 Å². The van der Waals surface area contributed by atoms with Gasteiger partial charge in [-0.2, -0.15) is 0 Å². The van der Waals surface area contributed by atoms with Crippen molar-refractivity contribution in [2.45, 2.75) is 38.7 Å². The van der Waals surface area contributed by atoms with Crippen LogP contribution in [-0.2, 0) is 34.1 Å². The van der Waals surface area contributed by atoms with Crippen LogP contribution in [0, 0.1) is 0 Å². The van der Waals surface area contributed by atoms with E-state index in [0.717, 1.165) is 11.1 Å². The minimum absolute atomic E-state index is 0.182. The van der Waals surface area contributed by atoms with E-state index in [2.05, 4.69) is 0 Å². The van der Waals surface area contributed by atoms with E-state index < -0.39 is 5.60 Å². The lowest BCUT2D eigenvalue weighted by atomic mass is 9.83. The number of esters is 2. The van der Waals surface area contributed by atoms with Crippen LogP contribution in [0.3, 0.4) is 0 Å². The molecule has 0 fully saturated rings. The molecule has 2 rings (SSSR count). The zero-order valence-corrected chi connectivity index (χ0v) is 18.4. The van der Waals surface area contributed by atoms with Crippen molar-refractivity contribution in [3.63, 3.8) is 0 Å². The Morgan fingerprint density at radius 3 is 1.65 bits per heavy atom. The van der Waals surface area contributed by atoms with Crippen molar-refractivity contribution >= 4 is 11.9 Å². The molecule has 0 spiro atoms. The van der Waals surface area contributed by atoms with Gasteiger partial charge >= 0.3 is 11.9 Å². The smallest absolute Gasteiger partial charge is 0.305 e. The number of carbonyl (C=O) groups is 2. The Morgan fingerprint density at radius 2 is 1.16 bits per heavy atom. The fourth-order valence-electron chi connectivity index (χ4n) is 3.22. The molecule has 0 bridgehead atoms. The van der Waals surface area contributed by atoms with Gasteiger partial charge in [-0.15, -0.1) is 0 Å². The molecule has 0 amide bonds. The molecule has 31 heavy (non-hydrogen) atoms. The number of hydrogen-bond acceptors (Lipinski definition) is 6. The molecule has 6 heteroatoms. The van der Waals surface area contributed by atoms with E-state index in [9.17, 15) is 9.59 Å². The van der Waals surface area contributed by atoms with Crippen LogP contribution in [-0.4, -0.2) is 45.0 Å². The van der Waals surface area contributed by atoms with Crippen molar-refractivity contribution < 1.29 is 28.5 Å². The summed E-state index contributed by atoms with van der Waals surface area (Å²) < 4.78 is 22.4. The summed E-state index contributed by atoms with van der Waals surface area (Å²) in [6, 6.07) is 19.9.